The molecule has 0 aliphatic heterocycles. The lowest BCUT2D eigenvalue weighted by molar-refractivity contribution is 0.244. The number of sulfonamides is 1. The number of hydrogen-bond acceptors (Lipinski definition) is 4. The Bertz CT molecular complexity index is 464. The van der Waals surface area contributed by atoms with Gasteiger partial charge in [-0.3, -0.25) is 0 Å². The molecule has 0 radical (unpaired) electrons. The highest BCUT2D eigenvalue weighted by molar-refractivity contribution is 7.89. The fourth-order valence-electron chi connectivity index (χ4n) is 1.69. The SMILES string of the molecule is CCCC(C)NS(=O)(=O)c1cc(CO)oc1C. The molecule has 0 aliphatic rings. The van der Waals surface area contributed by atoms with Crippen LogP contribution in [-0.4, -0.2) is 19.6 Å². The standard InChI is InChI=1S/C11H19NO4S/c1-4-5-8(2)12-17(14,15)11-6-10(7-13)16-9(11)3/h6,8,12-13H,4-5,7H2,1-3H3. The van der Waals surface area contributed by atoms with Gasteiger partial charge in [0.05, 0.1) is 0 Å². The summed E-state index contributed by atoms with van der Waals surface area (Å²) in [5.41, 5.74) is 0. The van der Waals surface area contributed by atoms with E-state index in [0.29, 0.717) is 5.76 Å². The van der Waals surface area contributed by atoms with Crippen LogP contribution in [0.3, 0.4) is 0 Å². The monoisotopic (exact) mass is 261 g/mol. The zero-order valence-corrected chi connectivity index (χ0v) is 11.2. The molecular formula is C11H19NO4S. The van der Waals surface area contributed by atoms with Gasteiger partial charge in [0, 0.05) is 12.1 Å². The lowest BCUT2D eigenvalue weighted by atomic mass is 10.2. The van der Waals surface area contributed by atoms with Crippen LogP contribution in [0.25, 0.3) is 0 Å². The van der Waals surface area contributed by atoms with Gasteiger partial charge < -0.3 is 9.52 Å². The van der Waals surface area contributed by atoms with Gasteiger partial charge >= 0.3 is 0 Å². The third kappa shape index (κ3) is 3.55. The molecule has 17 heavy (non-hydrogen) atoms. The maximum atomic E-state index is 12.0. The largest absolute Gasteiger partial charge is 0.462 e. The molecule has 0 aromatic carbocycles. The summed E-state index contributed by atoms with van der Waals surface area (Å²) in [6.45, 7) is 5.08. The molecule has 1 unspecified atom stereocenters. The summed E-state index contributed by atoms with van der Waals surface area (Å²) in [5.74, 6) is 0.552. The fourth-order valence-corrected chi connectivity index (χ4v) is 3.17. The van der Waals surface area contributed by atoms with Crippen LogP contribution in [0.4, 0.5) is 0 Å². The summed E-state index contributed by atoms with van der Waals surface area (Å²) in [7, 11) is -3.56. The second-order valence-corrected chi connectivity index (χ2v) is 5.78. The first-order valence-electron chi connectivity index (χ1n) is 5.63. The quantitative estimate of drug-likeness (QED) is 0.814. The number of rotatable bonds is 6. The molecule has 1 heterocycles. The van der Waals surface area contributed by atoms with E-state index in [9.17, 15) is 8.42 Å². The number of aliphatic hydroxyl groups is 1. The summed E-state index contributed by atoms with van der Waals surface area (Å²) < 4.78 is 31.7. The molecule has 98 valence electrons. The van der Waals surface area contributed by atoms with E-state index >= 15 is 0 Å². The Morgan fingerprint density at radius 2 is 2.18 bits per heavy atom. The number of furan rings is 1. The maximum absolute atomic E-state index is 12.0. The van der Waals surface area contributed by atoms with Crippen molar-refractivity contribution in [3.8, 4) is 0 Å². The molecule has 1 atom stereocenters. The molecule has 6 heteroatoms. The van der Waals surface area contributed by atoms with Gasteiger partial charge in [-0.2, -0.15) is 0 Å². The molecule has 1 rings (SSSR count). The molecule has 0 amide bonds. The smallest absolute Gasteiger partial charge is 0.244 e. The van der Waals surface area contributed by atoms with Crippen molar-refractivity contribution in [2.45, 2.75) is 51.2 Å². The topological polar surface area (TPSA) is 79.5 Å². The van der Waals surface area contributed by atoms with Crippen molar-refractivity contribution in [1.29, 1.82) is 0 Å². The molecule has 1 aromatic heterocycles. The van der Waals surface area contributed by atoms with Crippen molar-refractivity contribution < 1.29 is 17.9 Å². The van der Waals surface area contributed by atoms with E-state index in [1.807, 2.05) is 13.8 Å². The van der Waals surface area contributed by atoms with Crippen LogP contribution in [-0.2, 0) is 16.6 Å². The van der Waals surface area contributed by atoms with E-state index in [1.165, 1.54) is 6.07 Å². The molecule has 0 bridgehead atoms. The highest BCUT2D eigenvalue weighted by Gasteiger charge is 2.22. The Morgan fingerprint density at radius 3 is 2.65 bits per heavy atom. The normalized spacial score (nSPS) is 13.9. The van der Waals surface area contributed by atoms with Gasteiger partial charge in [0.15, 0.2) is 0 Å². The van der Waals surface area contributed by atoms with E-state index in [1.54, 1.807) is 6.92 Å². The van der Waals surface area contributed by atoms with Crippen LogP contribution in [0.5, 0.6) is 0 Å². The van der Waals surface area contributed by atoms with Crippen molar-refractivity contribution in [1.82, 2.24) is 4.72 Å². The molecule has 2 N–H and O–H groups in total. The Hall–Kier alpha value is -0.850. The number of hydrogen-bond donors (Lipinski definition) is 2. The molecule has 0 aliphatic carbocycles. The Labute approximate surface area is 102 Å². The minimum absolute atomic E-state index is 0.101. The fraction of sp³-hybridized carbons (Fsp3) is 0.636. The zero-order chi connectivity index (χ0) is 13.1. The molecule has 0 spiro atoms. The summed E-state index contributed by atoms with van der Waals surface area (Å²) >= 11 is 0. The highest BCUT2D eigenvalue weighted by Crippen LogP contribution is 2.20. The minimum Gasteiger partial charge on any atom is -0.462 e. The highest BCUT2D eigenvalue weighted by atomic mass is 32.2. The second kappa shape index (κ2) is 5.66. The Balaban J connectivity index is 2.92. The van der Waals surface area contributed by atoms with Crippen LogP contribution in [0.15, 0.2) is 15.4 Å². The van der Waals surface area contributed by atoms with Gasteiger partial charge in [0.25, 0.3) is 0 Å². The van der Waals surface area contributed by atoms with Crippen molar-refractivity contribution in [2.24, 2.45) is 0 Å². The van der Waals surface area contributed by atoms with Crippen molar-refractivity contribution in [3.63, 3.8) is 0 Å². The van der Waals surface area contributed by atoms with Gasteiger partial charge in [-0.15, -0.1) is 0 Å². The molecule has 0 saturated heterocycles. The average molecular weight is 261 g/mol. The van der Waals surface area contributed by atoms with Gasteiger partial charge in [-0.05, 0) is 20.3 Å². The number of aryl methyl sites for hydroxylation is 1. The van der Waals surface area contributed by atoms with Crippen LogP contribution in [0.2, 0.25) is 0 Å². The summed E-state index contributed by atoms with van der Waals surface area (Å²) in [4.78, 5) is 0.101. The van der Waals surface area contributed by atoms with Gasteiger partial charge in [-0.25, -0.2) is 13.1 Å². The maximum Gasteiger partial charge on any atom is 0.244 e. The molecule has 0 saturated carbocycles. The van der Waals surface area contributed by atoms with Crippen molar-refractivity contribution in [2.75, 3.05) is 0 Å². The first kappa shape index (κ1) is 14.2. The number of nitrogens with one attached hydrogen (secondary N) is 1. The third-order valence-corrected chi connectivity index (χ3v) is 4.14. The van der Waals surface area contributed by atoms with E-state index in [2.05, 4.69) is 4.72 Å². The lowest BCUT2D eigenvalue weighted by Gasteiger charge is -2.12. The van der Waals surface area contributed by atoms with E-state index in [-0.39, 0.29) is 23.3 Å². The molecule has 1 aromatic rings. The van der Waals surface area contributed by atoms with Crippen molar-refractivity contribution in [3.05, 3.63) is 17.6 Å². The summed E-state index contributed by atoms with van der Waals surface area (Å²) in [5, 5.41) is 8.90. The van der Waals surface area contributed by atoms with Gasteiger partial charge in [0.1, 0.15) is 23.0 Å². The van der Waals surface area contributed by atoms with E-state index in [4.69, 9.17) is 9.52 Å². The second-order valence-electron chi connectivity index (χ2n) is 4.10. The first-order valence-corrected chi connectivity index (χ1v) is 7.11. The summed E-state index contributed by atoms with van der Waals surface area (Å²) in [6, 6.07) is 1.24. The summed E-state index contributed by atoms with van der Waals surface area (Å²) in [6.07, 6.45) is 1.69. The van der Waals surface area contributed by atoms with Crippen LogP contribution >= 0.6 is 0 Å². The van der Waals surface area contributed by atoms with Crippen LogP contribution in [0, 0.1) is 6.92 Å². The van der Waals surface area contributed by atoms with Gasteiger partial charge in [0.2, 0.25) is 10.0 Å². The molecular weight excluding hydrogens is 242 g/mol. The Kier molecular flexibility index (Phi) is 4.73. The number of aliphatic hydroxyl groups excluding tert-OH is 1. The lowest BCUT2D eigenvalue weighted by Crippen LogP contribution is -2.32. The van der Waals surface area contributed by atoms with E-state index < -0.39 is 10.0 Å². The van der Waals surface area contributed by atoms with E-state index in [0.717, 1.165) is 12.8 Å². The Morgan fingerprint density at radius 1 is 1.53 bits per heavy atom. The van der Waals surface area contributed by atoms with Gasteiger partial charge in [-0.1, -0.05) is 13.3 Å². The molecule has 0 fully saturated rings. The average Bonchev–Trinajstić information content (AvgIpc) is 2.60. The molecule has 5 nitrogen and oxygen atoms in total. The predicted octanol–water partition coefficient (Wildman–Crippen LogP) is 1.55. The van der Waals surface area contributed by atoms with Crippen molar-refractivity contribution >= 4 is 10.0 Å². The van der Waals surface area contributed by atoms with Crippen LogP contribution < -0.4 is 4.72 Å². The minimum atomic E-state index is -3.56. The first-order chi connectivity index (χ1) is 7.90. The predicted molar refractivity (Wildman–Crippen MR) is 64.1 cm³/mol. The van der Waals surface area contributed by atoms with Crippen LogP contribution in [0.1, 0.15) is 38.2 Å². The third-order valence-electron chi connectivity index (χ3n) is 2.45. The zero-order valence-electron chi connectivity index (χ0n) is 10.4.